The van der Waals surface area contributed by atoms with Crippen LogP contribution in [-0.4, -0.2) is 78.5 Å². The maximum absolute atomic E-state index is 5.48. The van der Waals surface area contributed by atoms with Crippen molar-refractivity contribution in [2.24, 2.45) is 0 Å². The summed E-state index contributed by atoms with van der Waals surface area (Å²) in [6.07, 6.45) is 7.91. The van der Waals surface area contributed by atoms with E-state index >= 15 is 0 Å². The zero-order valence-electron chi connectivity index (χ0n) is 14.3. The smallest absolute Gasteiger partial charge is 0.0949 e. The van der Waals surface area contributed by atoms with Gasteiger partial charge in [-0.1, -0.05) is 6.42 Å². The van der Waals surface area contributed by atoms with Crippen LogP contribution in [0.4, 0.5) is 0 Å². The number of ether oxygens (including phenoxy) is 2. The minimum absolute atomic E-state index is 0.660. The fourth-order valence-electron chi connectivity index (χ4n) is 3.64. The summed E-state index contributed by atoms with van der Waals surface area (Å²) in [7, 11) is 1.75. The summed E-state index contributed by atoms with van der Waals surface area (Å²) in [5.41, 5.74) is 1.30. The van der Waals surface area contributed by atoms with Crippen molar-refractivity contribution in [3.63, 3.8) is 0 Å². The first-order chi connectivity index (χ1) is 11.4. The molecule has 0 aromatic carbocycles. The van der Waals surface area contributed by atoms with Gasteiger partial charge in [0.05, 0.1) is 31.8 Å². The Morgan fingerprint density at radius 3 is 2.96 bits per heavy atom. The van der Waals surface area contributed by atoms with Gasteiger partial charge in [0.15, 0.2) is 0 Å². The first kappa shape index (κ1) is 16.9. The highest BCUT2D eigenvalue weighted by Gasteiger charge is 2.26. The molecule has 1 aromatic heterocycles. The van der Waals surface area contributed by atoms with Crippen molar-refractivity contribution in [3.05, 3.63) is 18.2 Å². The highest BCUT2D eigenvalue weighted by molar-refractivity contribution is 5.00. The second-order valence-corrected chi connectivity index (χ2v) is 6.60. The number of hydrogen-bond donors (Lipinski definition) is 0. The molecule has 0 spiro atoms. The fourth-order valence-corrected chi connectivity index (χ4v) is 3.64. The lowest BCUT2D eigenvalue weighted by Crippen LogP contribution is -2.49. The van der Waals surface area contributed by atoms with Crippen molar-refractivity contribution in [1.29, 1.82) is 0 Å². The molecule has 3 rings (SSSR count). The number of rotatable bonds is 7. The summed E-state index contributed by atoms with van der Waals surface area (Å²) in [4.78, 5) is 9.55. The number of methoxy groups -OCH3 is 1. The molecule has 2 fully saturated rings. The number of likely N-dealkylation sites (tertiary alicyclic amines) is 1. The predicted octanol–water partition coefficient (Wildman–Crippen LogP) is 1.22. The molecule has 0 N–H and O–H groups in total. The van der Waals surface area contributed by atoms with Crippen LogP contribution in [0.15, 0.2) is 12.5 Å². The molecule has 3 heterocycles. The van der Waals surface area contributed by atoms with E-state index in [-0.39, 0.29) is 0 Å². The zero-order valence-corrected chi connectivity index (χ0v) is 14.3. The highest BCUT2D eigenvalue weighted by atomic mass is 16.5. The summed E-state index contributed by atoms with van der Waals surface area (Å²) in [6, 6.07) is 0.660. The van der Waals surface area contributed by atoms with Crippen molar-refractivity contribution < 1.29 is 9.47 Å². The number of piperidine rings is 1. The molecule has 0 radical (unpaired) electrons. The summed E-state index contributed by atoms with van der Waals surface area (Å²) in [6.45, 7) is 8.92. The van der Waals surface area contributed by atoms with E-state index in [0.29, 0.717) is 6.04 Å². The standard InChI is InChI=1S/C17H30N4O2/c1-22-9-8-21-15-18-12-17(21)14-20-5-3-2-4-16(20)13-19-6-10-23-11-7-19/h12,15-16H,2-11,13-14H2,1H3. The van der Waals surface area contributed by atoms with Crippen molar-refractivity contribution in [3.8, 4) is 0 Å². The Hall–Kier alpha value is -0.950. The van der Waals surface area contributed by atoms with E-state index in [4.69, 9.17) is 9.47 Å². The molecule has 130 valence electrons. The van der Waals surface area contributed by atoms with E-state index in [0.717, 1.165) is 46.0 Å². The van der Waals surface area contributed by atoms with Crippen LogP contribution in [0.1, 0.15) is 25.0 Å². The molecule has 1 unspecified atom stereocenters. The highest BCUT2D eigenvalue weighted by Crippen LogP contribution is 2.21. The molecule has 0 amide bonds. The lowest BCUT2D eigenvalue weighted by Gasteiger charge is -2.39. The van der Waals surface area contributed by atoms with E-state index in [9.17, 15) is 0 Å². The van der Waals surface area contributed by atoms with E-state index in [2.05, 4.69) is 19.4 Å². The lowest BCUT2D eigenvalue weighted by atomic mass is 10.0. The Balaban J connectivity index is 1.58. The largest absolute Gasteiger partial charge is 0.383 e. The molecule has 6 heteroatoms. The van der Waals surface area contributed by atoms with Gasteiger partial charge in [0.1, 0.15) is 0 Å². The second kappa shape index (κ2) is 8.78. The lowest BCUT2D eigenvalue weighted by molar-refractivity contribution is 0.0149. The third kappa shape index (κ3) is 4.76. The van der Waals surface area contributed by atoms with Gasteiger partial charge in [-0.25, -0.2) is 4.98 Å². The third-order valence-corrected chi connectivity index (χ3v) is 5.02. The Morgan fingerprint density at radius 2 is 2.13 bits per heavy atom. The van der Waals surface area contributed by atoms with Crippen LogP contribution < -0.4 is 0 Å². The summed E-state index contributed by atoms with van der Waals surface area (Å²) >= 11 is 0. The Labute approximate surface area is 139 Å². The van der Waals surface area contributed by atoms with Gasteiger partial charge < -0.3 is 14.0 Å². The Bertz CT molecular complexity index is 459. The Kier molecular flexibility index (Phi) is 6.45. The van der Waals surface area contributed by atoms with Crippen LogP contribution in [0.3, 0.4) is 0 Å². The summed E-state index contributed by atoms with van der Waals surface area (Å²) in [5.74, 6) is 0. The minimum Gasteiger partial charge on any atom is -0.383 e. The minimum atomic E-state index is 0.660. The molecule has 6 nitrogen and oxygen atoms in total. The fraction of sp³-hybridized carbons (Fsp3) is 0.824. The Morgan fingerprint density at radius 1 is 1.26 bits per heavy atom. The molecule has 2 aliphatic rings. The van der Waals surface area contributed by atoms with Gasteiger partial charge in [0, 0.05) is 52.1 Å². The zero-order chi connectivity index (χ0) is 15.9. The van der Waals surface area contributed by atoms with Crippen LogP contribution in [0.25, 0.3) is 0 Å². The van der Waals surface area contributed by atoms with Crippen molar-refractivity contribution >= 4 is 0 Å². The van der Waals surface area contributed by atoms with Crippen LogP contribution in [0.5, 0.6) is 0 Å². The third-order valence-electron chi connectivity index (χ3n) is 5.02. The molecular weight excluding hydrogens is 292 g/mol. The number of imidazole rings is 1. The van der Waals surface area contributed by atoms with Crippen molar-refractivity contribution in [2.75, 3.05) is 53.1 Å². The van der Waals surface area contributed by atoms with Crippen LogP contribution in [-0.2, 0) is 22.6 Å². The van der Waals surface area contributed by atoms with Gasteiger partial charge in [-0.3, -0.25) is 9.80 Å². The molecule has 2 saturated heterocycles. The molecule has 1 aromatic rings. The average Bonchev–Trinajstić information content (AvgIpc) is 3.03. The molecule has 0 saturated carbocycles. The van der Waals surface area contributed by atoms with Crippen molar-refractivity contribution in [1.82, 2.24) is 19.4 Å². The first-order valence-electron chi connectivity index (χ1n) is 8.89. The van der Waals surface area contributed by atoms with Crippen molar-refractivity contribution in [2.45, 2.75) is 38.4 Å². The average molecular weight is 322 g/mol. The summed E-state index contributed by atoms with van der Waals surface area (Å²) in [5, 5.41) is 0. The van der Waals surface area contributed by atoms with Gasteiger partial charge in [-0.15, -0.1) is 0 Å². The maximum atomic E-state index is 5.48. The quantitative estimate of drug-likeness (QED) is 0.755. The number of aromatic nitrogens is 2. The molecule has 23 heavy (non-hydrogen) atoms. The van der Waals surface area contributed by atoms with Crippen LogP contribution in [0.2, 0.25) is 0 Å². The van der Waals surface area contributed by atoms with Gasteiger partial charge in [0.2, 0.25) is 0 Å². The molecule has 1 atom stereocenters. The van der Waals surface area contributed by atoms with Crippen LogP contribution >= 0.6 is 0 Å². The maximum Gasteiger partial charge on any atom is 0.0949 e. The second-order valence-electron chi connectivity index (χ2n) is 6.60. The molecule has 2 aliphatic heterocycles. The normalized spacial score (nSPS) is 24.1. The van der Waals surface area contributed by atoms with Gasteiger partial charge in [-0.05, 0) is 19.4 Å². The summed E-state index contributed by atoms with van der Waals surface area (Å²) < 4.78 is 12.9. The molecular formula is C17H30N4O2. The molecule has 0 bridgehead atoms. The van der Waals surface area contributed by atoms with E-state index in [1.807, 2.05) is 12.5 Å². The molecule has 0 aliphatic carbocycles. The number of nitrogens with zero attached hydrogens (tertiary/aromatic N) is 4. The van der Waals surface area contributed by atoms with Gasteiger partial charge in [-0.2, -0.15) is 0 Å². The predicted molar refractivity (Wildman–Crippen MR) is 89.4 cm³/mol. The van der Waals surface area contributed by atoms with E-state index < -0.39 is 0 Å². The van der Waals surface area contributed by atoms with Crippen LogP contribution in [0, 0.1) is 0 Å². The van der Waals surface area contributed by atoms with E-state index in [1.165, 1.54) is 38.0 Å². The van der Waals surface area contributed by atoms with Gasteiger partial charge in [0.25, 0.3) is 0 Å². The number of morpholine rings is 1. The monoisotopic (exact) mass is 322 g/mol. The van der Waals surface area contributed by atoms with Gasteiger partial charge >= 0.3 is 0 Å². The first-order valence-corrected chi connectivity index (χ1v) is 8.89. The topological polar surface area (TPSA) is 42.8 Å². The number of hydrogen-bond acceptors (Lipinski definition) is 5. The SMILES string of the molecule is COCCn1cncc1CN1CCCCC1CN1CCOCC1. The van der Waals surface area contributed by atoms with E-state index in [1.54, 1.807) is 7.11 Å².